The average molecular weight is 530 g/mol. The Morgan fingerprint density at radius 1 is 0.974 bits per heavy atom. The number of hydrogen-bond donors (Lipinski definition) is 0. The van der Waals surface area contributed by atoms with Crippen LogP contribution in [0.1, 0.15) is 63.5 Å². The van der Waals surface area contributed by atoms with Crippen molar-refractivity contribution in [1.82, 2.24) is 14.4 Å². The zero-order valence-electron chi connectivity index (χ0n) is 23.8. The molecule has 3 heterocycles. The van der Waals surface area contributed by atoms with E-state index in [1.54, 1.807) is 0 Å². The average Bonchev–Trinajstić information content (AvgIpc) is 3.27. The van der Waals surface area contributed by atoms with Gasteiger partial charge in [-0.15, -0.1) is 0 Å². The minimum absolute atomic E-state index is 0.108. The minimum atomic E-state index is -0.393. The van der Waals surface area contributed by atoms with Gasteiger partial charge in [-0.2, -0.15) is 0 Å². The SMILES string of the molecule is CC(C)N1CCOc2ccccc2CCCCC2(CCN(C(=O)CCc3cn(C)c4ccccc34)CC2)C1=O. The molecule has 0 atom stereocenters. The zero-order chi connectivity index (χ0) is 27.4. The van der Waals surface area contributed by atoms with E-state index in [1.807, 2.05) is 21.9 Å². The summed E-state index contributed by atoms with van der Waals surface area (Å²) in [7, 11) is 2.06. The minimum Gasteiger partial charge on any atom is -0.491 e. The van der Waals surface area contributed by atoms with E-state index in [1.165, 1.54) is 22.0 Å². The molecule has 1 spiro atoms. The fraction of sp³-hybridized carbons (Fsp3) is 0.515. The molecular formula is C33H43N3O3. The Labute approximate surface area is 232 Å². The topological polar surface area (TPSA) is 54.8 Å². The van der Waals surface area contributed by atoms with Crippen molar-refractivity contribution < 1.29 is 14.3 Å². The van der Waals surface area contributed by atoms with Crippen molar-refractivity contribution in [2.45, 2.75) is 71.3 Å². The number of ether oxygens (including phenoxy) is 1. The fourth-order valence-corrected chi connectivity index (χ4v) is 6.56. The van der Waals surface area contributed by atoms with Gasteiger partial charge in [-0.3, -0.25) is 9.59 Å². The molecule has 39 heavy (non-hydrogen) atoms. The molecule has 6 nitrogen and oxygen atoms in total. The van der Waals surface area contributed by atoms with E-state index in [4.69, 9.17) is 4.74 Å². The predicted molar refractivity (Wildman–Crippen MR) is 156 cm³/mol. The monoisotopic (exact) mass is 529 g/mol. The largest absolute Gasteiger partial charge is 0.491 e. The molecule has 0 bridgehead atoms. The first-order chi connectivity index (χ1) is 18.9. The molecule has 0 aliphatic carbocycles. The lowest BCUT2D eigenvalue weighted by molar-refractivity contribution is -0.151. The van der Waals surface area contributed by atoms with Gasteiger partial charge in [0.25, 0.3) is 0 Å². The summed E-state index contributed by atoms with van der Waals surface area (Å²) in [5.74, 6) is 1.39. The number of benzene rings is 2. The lowest BCUT2D eigenvalue weighted by Crippen LogP contribution is -2.53. The van der Waals surface area contributed by atoms with Gasteiger partial charge in [-0.1, -0.05) is 42.8 Å². The third-order valence-electron chi connectivity index (χ3n) is 8.91. The third-order valence-corrected chi connectivity index (χ3v) is 8.91. The Balaban J connectivity index is 1.25. The number of nitrogens with zero attached hydrogens (tertiary/aromatic N) is 3. The van der Waals surface area contributed by atoms with E-state index >= 15 is 0 Å². The van der Waals surface area contributed by atoms with Crippen molar-refractivity contribution in [1.29, 1.82) is 0 Å². The van der Waals surface area contributed by atoms with E-state index in [9.17, 15) is 9.59 Å². The molecule has 0 N–H and O–H groups in total. The number of hydrogen-bond acceptors (Lipinski definition) is 3. The van der Waals surface area contributed by atoms with Crippen LogP contribution in [0, 0.1) is 5.41 Å². The van der Waals surface area contributed by atoms with Gasteiger partial charge in [-0.05, 0) is 75.6 Å². The number of piperidine rings is 1. The van der Waals surface area contributed by atoms with Crippen LogP contribution in [-0.4, -0.2) is 58.5 Å². The number of para-hydroxylation sites is 2. The maximum absolute atomic E-state index is 14.1. The van der Waals surface area contributed by atoms with E-state index < -0.39 is 5.41 Å². The van der Waals surface area contributed by atoms with Crippen LogP contribution < -0.4 is 4.74 Å². The molecular weight excluding hydrogens is 486 g/mol. The Morgan fingerprint density at radius 2 is 1.72 bits per heavy atom. The highest BCUT2D eigenvalue weighted by Gasteiger charge is 2.44. The van der Waals surface area contributed by atoms with Crippen LogP contribution in [0.2, 0.25) is 0 Å². The molecule has 2 amide bonds. The molecule has 1 fully saturated rings. The second kappa shape index (κ2) is 11.8. The van der Waals surface area contributed by atoms with E-state index in [0.29, 0.717) is 32.7 Å². The molecule has 0 saturated carbocycles. The van der Waals surface area contributed by atoms with Crippen LogP contribution in [0.5, 0.6) is 5.75 Å². The van der Waals surface area contributed by atoms with Crippen LogP contribution >= 0.6 is 0 Å². The summed E-state index contributed by atoms with van der Waals surface area (Å²) in [6.45, 7) is 6.58. The summed E-state index contributed by atoms with van der Waals surface area (Å²) < 4.78 is 8.29. The molecule has 208 valence electrons. The zero-order valence-corrected chi connectivity index (χ0v) is 23.8. The number of aryl methyl sites for hydroxylation is 3. The number of amides is 2. The normalized spacial score (nSPS) is 18.5. The lowest BCUT2D eigenvalue weighted by atomic mass is 9.72. The van der Waals surface area contributed by atoms with Gasteiger partial charge < -0.3 is 19.1 Å². The van der Waals surface area contributed by atoms with Crippen molar-refractivity contribution in [3.63, 3.8) is 0 Å². The number of likely N-dealkylation sites (tertiary alicyclic amines) is 1. The van der Waals surface area contributed by atoms with Crippen molar-refractivity contribution in [3.8, 4) is 5.75 Å². The van der Waals surface area contributed by atoms with Gasteiger partial charge in [0.05, 0.1) is 12.0 Å². The summed E-state index contributed by atoms with van der Waals surface area (Å²) in [5, 5.41) is 1.23. The summed E-state index contributed by atoms with van der Waals surface area (Å²) in [4.78, 5) is 31.4. The number of carbonyl (C=O) groups is 2. The maximum Gasteiger partial charge on any atom is 0.229 e. The number of rotatable bonds is 4. The van der Waals surface area contributed by atoms with Crippen LogP contribution in [0.15, 0.2) is 54.7 Å². The van der Waals surface area contributed by atoms with E-state index in [-0.39, 0.29) is 17.9 Å². The highest BCUT2D eigenvalue weighted by molar-refractivity contribution is 5.86. The Hall–Kier alpha value is -3.28. The fourth-order valence-electron chi connectivity index (χ4n) is 6.56. The molecule has 0 unspecified atom stereocenters. The molecule has 2 aliphatic rings. The third kappa shape index (κ3) is 5.85. The molecule has 5 rings (SSSR count). The molecule has 0 radical (unpaired) electrons. The van der Waals surface area contributed by atoms with Crippen LogP contribution in [0.3, 0.4) is 0 Å². The maximum atomic E-state index is 14.1. The summed E-state index contributed by atoms with van der Waals surface area (Å²) in [5.41, 5.74) is 3.28. The number of fused-ring (bicyclic) bond motifs is 2. The summed E-state index contributed by atoms with van der Waals surface area (Å²) >= 11 is 0. The van der Waals surface area contributed by atoms with Gasteiger partial charge in [0.1, 0.15) is 12.4 Å². The lowest BCUT2D eigenvalue weighted by Gasteiger charge is -2.44. The summed E-state index contributed by atoms with van der Waals surface area (Å²) in [6.07, 6.45) is 8.76. The molecule has 3 aromatic rings. The highest BCUT2D eigenvalue weighted by atomic mass is 16.5. The van der Waals surface area contributed by atoms with Gasteiger partial charge in [0.2, 0.25) is 11.8 Å². The summed E-state index contributed by atoms with van der Waals surface area (Å²) in [6, 6.07) is 16.8. The van der Waals surface area contributed by atoms with Crippen molar-refractivity contribution >= 4 is 22.7 Å². The van der Waals surface area contributed by atoms with Crippen molar-refractivity contribution in [2.24, 2.45) is 12.5 Å². The molecule has 1 aromatic heterocycles. The van der Waals surface area contributed by atoms with Gasteiger partial charge in [0, 0.05) is 49.7 Å². The Bertz CT molecular complexity index is 1300. The first kappa shape index (κ1) is 27.3. The molecule has 6 heteroatoms. The number of aromatic nitrogens is 1. The first-order valence-corrected chi connectivity index (χ1v) is 14.7. The first-order valence-electron chi connectivity index (χ1n) is 14.7. The second-order valence-corrected chi connectivity index (χ2v) is 11.7. The highest BCUT2D eigenvalue weighted by Crippen LogP contribution is 2.40. The Kier molecular flexibility index (Phi) is 8.29. The van der Waals surface area contributed by atoms with Gasteiger partial charge >= 0.3 is 0 Å². The predicted octanol–water partition coefficient (Wildman–Crippen LogP) is 5.76. The van der Waals surface area contributed by atoms with Gasteiger partial charge in [0.15, 0.2) is 0 Å². The smallest absolute Gasteiger partial charge is 0.229 e. The molecule has 2 aromatic carbocycles. The van der Waals surface area contributed by atoms with Crippen molar-refractivity contribution in [3.05, 3.63) is 65.9 Å². The number of carbonyl (C=O) groups excluding carboxylic acids is 2. The Morgan fingerprint density at radius 3 is 2.51 bits per heavy atom. The second-order valence-electron chi connectivity index (χ2n) is 11.7. The van der Waals surface area contributed by atoms with Crippen LogP contribution in [0.25, 0.3) is 10.9 Å². The van der Waals surface area contributed by atoms with Gasteiger partial charge in [-0.25, -0.2) is 0 Å². The quantitative estimate of drug-likeness (QED) is 0.432. The molecule has 1 saturated heterocycles. The van der Waals surface area contributed by atoms with Crippen LogP contribution in [0.4, 0.5) is 0 Å². The standard InChI is InChI=1S/C33H43N3O3/c1-25(2)36-22-23-39-30-14-7-4-10-26(30)11-8-9-17-33(32(36)38)18-20-35(21-19-33)31(37)16-15-27-24-34(3)29-13-6-5-12-28(27)29/h4-7,10,12-14,24-25H,8-9,11,15-23H2,1-3H3. The van der Waals surface area contributed by atoms with E-state index in [2.05, 4.69) is 68.1 Å². The van der Waals surface area contributed by atoms with Crippen LogP contribution in [-0.2, 0) is 29.5 Å². The molecule has 2 aliphatic heterocycles. The van der Waals surface area contributed by atoms with E-state index in [0.717, 1.165) is 50.7 Å². The van der Waals surface area contributed by atoms with Crippen molar-refractivity contribution in [2.75, 3.05) is 26.2 Å².